The molecule has 1 saturated heterocycles. The Kier molecular flexibility index (Phi) is 5.85. The summed E-state index contributed by atoms with van der Waals surface area (Å²) in [5.41, 5.74) is 7.18. The quantitative estimate of drug-likeness (QED) is 0.829. The average Bonchev–Trinajstić information content (AvgIpc) is 2.96. The topological polar surface area (TPSA) is 57.0 Å². The molecule has 0 amide bonds. The maximum Gasteiger partial charge on any atom is 0.122 e. The molecule has 0 aromatic heterocycles. The second kappa shape index (κ2) is 7.64. The van der Waals surface area contributed by atoms with Gasteiger partial charge in [0.1, 0.15) is 11.5 Å². The smallest absolute Gasteiger partial charge is 0.122 e. The first-order chi connectivity index (χ1) is 10.2. The minimum Gasteiger partial charge on any atom is -0.497 e. The second-order valence-corrected chi connectivity index (χ2v) is 5.50. The van der Waals surface area contributed by atoms with Crippen LogP contribution in [0.1, 0.15) is 18.0 Å². The number of rotatable bonds is 7. The number of likely N-dealkylation sites (tertiary alicyclic amines) is 1. The standard InChI is InChI=1S/C16H26N2O3/c1-19-11-12-4-5-18(10-12)16(9-17)13-6-14(20-2)8-15(7-13)21-3/h6-8,12,16H,4-5,9-11,17H2,1-3H3. The van der Waals surface area contributed by atoms with Crippen molar-refractivity contribution in [3.05, 3.63) is 23.8 Å². The molecule has 2 unspecified atom stereocenters. The molecule has 0 spiro atoms. The largest absolute Gasteiger partial charge is 0.497 e. The molecule has 1 heterocycles. The zero-order valence-corrected chi connectivity index (χ0v) is 13.2. The summed E-state index contributed by atoms with van der Waals surface area (Å²) in [5, 5.41) is 0. The van der Waals surface area contributed by atoms with Crippen LogP contribution in [0.2, 0.25) is 0 Å². The van der Waals surface area contributed by atoms with E-state index in [4.69, 9.17) is 19.9 Å². The van der Waals surface area contributed by atoms with Crippen molar-refractivity contribution in [2.75, 3.05) is 47.6 Å². The Labute approximate surface area is 127 Å². The summed E-state index contributed by atoms with van der Waals surface area (Å²) in [7, 11) is 5.09. The molecule has 1 fully saturated rings. The molecule has 2 rings (SSSR count). The van der Waals surface area contributed by atoms with E-state index in [1.54, 1.807) is 21.3 Å². The maximum absolute atomic E-state index is 6.03. The molecule has 21 heavy (non-hydrogen) atoms. The van der Waals surface area contributed by atoms with E-state index in [1.807, 2.05) is 18.2 Å². The predicted octanol–water partition coefficient (Wildman–Crippen LogP) is 1.67. The summed E-state index contributed by atoms with van der Waals surface area (Å²) < 4.78 is 16.0. The molecule has 2 atom stereocenters. The predicted molar refractivity (Wildman–Crippen MR) is 82.9 cm³/mol. The molecular formula is C16H26N2O3. The lowest BCUT2D eigenvalue weighted by Gasteiger charge is -2.27. The van der Waals surface area contributed by atoms with Gasteiger partial charge >= 0.3 is 0 Å². The van der Waals surface area contributed by atoms with Crippen molar-refractivity contribution >= 4 is 0 Å². The van der Waals surface area contributed by atoms with E-state index >= 15 is 0 Å². The number of nitrogens with two attached hydrogens (primary N) is 1. The summed E-state index contributed by atoms with van der Waals surface area (Å²) in [6.07, 6.45) is 1.16. The first-order valence-electron chi connectivity index (χ1n) is 7.37. The Morgan fingerprint density at radius 3 is 2.38 bits per heavy atom. The van der Waals surface area contributed by atoms with E-state index in [1.165, 1.54) is 0 Å². The van der Waals surface area contributed by atoms with Crippen molar-refractivity contribution in [3.8, 4) is 11.5 Å². The molecular weight excluding hydrogens is 268 g/mol. The maximum atomic E-state index is 6.03. The monoisotopic (exact) mass is 294 g/mol. The van der Waals surface area contributed by atoms with Gasteiger partial charge in [0.15, 0.2) is 0 Å². The van der Waals surface area contributed by atoms with E-state index in [0.717, 1.165) is 43.2 Å². The number of hydrogen-bond acceptors (Lipinski definition) is 5. The van der Waals surface area contributed by atoms with Crippen LogP contribution in [0.15, 0.2) is 18.2 Å². The van der Waals surface area contributed by atoms with Crippen LogP contribution in [-0.4, -0.2) is 52.5 Å². The van der Waals surface area contributed by atoms with Gasteiger partial charge in [-0.15, -0.1) is 0 Å². The first-order valence-corrected chi connectivity index (χ1v) is 7.37. The number of nitrogens with zero attached hydrogens (tertiary/aromatic N) is 1. The van der Waals surface area contributed by atoms with Crippen molar-refractivity contribution in [3.63, 3.8) is 0 Å². The molecule has 5 heteroatoms. The minimum atomic E-state index is 0.191. The number of methoxy groups -OCH3 is 3. The molecule has 0 aliphatic carbocycles. The van der Waals surface area contributed by atoms with E-state index in [9.17, 15) is 0 Å². The fraction of sp³-hybridized carbons (Fsp3) is 0.625. The third-order valence-corrected chi connectivity index (χ3v) is 4.14. The molecule has 0 bridgehead atoms. The first kappa shape index (κ1) is 16.1. The fourth-order valence-corrected chi connectivity index (χ4v) is 3.04. The van der Waals surface area contributed by atoms with Gasteiger partial charge < -0.3 is 19.9 Å². The normalized spacial score (nSPS) is 20.5. The highest BCUT2D eigenvalue weighted by Crippen LogP contribution is 2.32. The average molecular weight is 294 g/mol. The van der Waals surface area contributed by atoms with Crippen molar-refractivity contribution in [1.82, 2.24) is 4.90 Å². The molecule has 1 aromatic rings. The van der Waals surface area contributed by atoms with Crippen molar-refractivity contribution in [2.45, 2.75) is 12.5 Å². The van der Waals surface area contributed by atoms with Gasteiger partial charge in [-0.3, -0.25) is 4.90 Å². The fourth-order valence-electron chi connectivity index (χ4n) is 3.04. The highest BCUT2D eigenvalue weighted by Gasteiger charge is 2.28. The summed E-state index contributed by atoms with van der Waals surface area (Å²) in [4.78, 5) is 2.43. The van der Waals surface area contributed by atoms with Gasteiger partial charge in [0.05, 0.1) is 20.8 Å². The van der Waals surface area contributed by atoms with Crippen molar-refractivity contribution < 1.29 is 14.2 Å². The lowest BCUT2D eigenvalue weighted by atomic mass is 10.0. The zero-order chi connectivity index (χ0) is 15.2. The third-order valence-electron chi connectivity index (χ3n) is 4.14. The van der Waals surface area contributed by atoms with Crippen LogP contribution < -0.4 is 15.2 Å². The van der Waals surface area contributed by atoms with Crippen LogP contribution in [0.3, 0.4) is 0 Å². The van der Waals surface area contributed by atoms with E-state index in [2.05, 4.69) is 4.90 Å². The van der Waals surface area contributed by atoms with Crippen molar-refractivity contribution in [2.24, 2.45) is 11.7 Å². The highest BCUT2D eigenvalue weighted by molar-refractivity contribution is 5.40. The molecule has 1 aromatic carbocycles. The number of benzene rings is 1. The highest BCUT2D eigenvalue weighted by atomic mass is 16.5. The lowest BCUT2D eigenvalue weighted by molar-refractivity contribution is 0.147. The van der Waals surface area contributed by atoms with Gasteiger partial charge in [-0.05, 0) is 36.6 Å². The summed E-state index contributed by atoms with van der Waals surface area (Å²) >= 11 is 0. The van der Waals surface area contributed by atoms with Crippen LogP contribution in [0.5, 0.6) is 11.5 Å². The second-order valence-electron chi connectivity index (χ2n) is 5.50. The summed E-state index contributed by atoms with van der Waals surface area (Å²) in [5.74, 6) is 2.20. The van der Waals surface area contributed by atoms with Gasteiger partial charge in [-0.25, -0.2) is 0 Å². The lowest BCUT2D eigenvalue weighted by Crippen LogP contribution is -2.32. The summed E-state index contributed by atoms with van der Waals surface area (Å²) in [6, 6.07) is 6.16. The SMILES string of the molecule is COCC1CCN(C(CN)c2cc(OC)cc(OC)c2)C1. The molecule has 2 N–H and O–H groups in total. The summed E-state index contributed by atoms with van der Waals surface area (Å²) in [6.45, 7) is 3.47. The Morgan fingerprint density at radius 1 is 1.19 bits per heavy atom. The molecule has 118 valence electrons. The van der Waals surface area contributed by atoms with E-state index in [0.29, 0.717) is 12.5 Å². The van der Waals surface area contributed by atoms with Crippen LogP contribution in [0.25, 0.3) is 0 Å². The van der Waals surface area contributed by atoms with E-state index in [-0.39, 0.29) is 6.04 Å². The van der Waals surface area contributed by atoms with Gasteiger partial charge in [-0.1, -0.05) is 0 Å². The molecule has 0 radical (unpaired) electrons. The van der Waals surface area contributed by atoms with Crippen LogP contribution in [-0.2, 0) is 4.74 Å². The number of hydrogen-bond donors (Lipinski definition) is 1. The minimum absolute atomic E-state index is 0.191. The zero-order valence-electron chi connectivity index (χ0n) is 13.2. The Bertz CT molecular complexity index is 431. The molecule has 5 nitrogen and oxygen atoms in total. The Morgan fingerprint density at radius 2 is 1.86 bits per heavy atom. The van der Waals surface area contributed by atoms with Gasteiger partial charge in [-0.2, -0.15) is 0 Å². The number of ether oxygens (including phenoxy) is 3. The van der Waals surface area contributed by atoms with Gasteiger partial charge in [0.25, 0.3) is 0 Å². The Hall–Kier alpha value is -1.30. The van der Waals surface area contributed by atoms with Crippen molar-refractivity contribution in [1.29, 1.82) is 0 Å². The van der Waals surface area contributed by atoms with Gasteiger partial charge in [0, 0.05) is 32.3 Å². The third kappa shape index (κ3) is 3.87. The van der Waals surface area contributed by atoms with E-state index < -0.39 is 0 Å². The van der Waals surface area contributed by atoms with Gasteiger partial charge in [0.2, 0.25) is 0 Å². The molecule has 1 aliphatic heterocycles. The van der Waals surface area contributed by atoms with Crippen LogP contribution >= 0.6 is 0 Å². The molecule has 0 saturated carbocycles. The molecule has 1 aliphatic rings. The van der Waals surface area contributed by atoms with Crippen LogP contribution in [0, 0.1) is 5.92 Å². The Balaban J connectivity index is 2.17. The van der Waals surface area contributed by atoms with Crippen LogP contribution in [0.4, 0.5) is 0 Å².